The standard InChI is InChI=1S/C22H26ClN3O5S/c1-4-32(29,30)25-14-20(27)26(18-11-9-17(23)10-12-18)22(2,15-25)21(28)24-13-16-7-5-6-8-19(16)31-3/h5-12H,4,13-15H2,1-3H3,(H,24,28)/t22-/m0/s1. The first-order chi connectivity index (χ1) is 15.1. The van der Waals surface area contributed by atoms with Crippen LogP contribution in [0.1, 0.15) is 19.4 Å². The number of halogens is 1. The van der Waals surface area contributed by atoms with Gasteiger partial charge in [0.05, 0.1) is 19.4 Å². The van der Waals surface area contributed by atoms with Crippen LogP contribution < -0.4 is 15.0 Å². The van der Waals surface area contributed by atoms with Crippen LogP contribution in [-0.4, -0.2) is 56.0 Å². The highest BCUT2D eigenvalue weighted by molar-refractivity contribution is 7.89. The van der Waals surface area contributed by atoms with Crippen molar-refractivity contribution in [2.75, 3.05) is 30.9 Å². The number of carbonyl (C=O) groups is 2. The summed E-state index contributed by atoms with van der Waals surface area (Å²) < 4.78 is 31.5. The third-order valence-corrected chi connectivity index (χ3v) is 7.53. The molecule has 0 spiro atoms. The minimum atomic E-state index is -3.68. The molecule has 0 aliphatic carbocycles. The number of methoxy groups -OCH3 is 1. The Morgan fingerprint density at radius 2 is 1.84 bits per heavy atom. The van der Waals surface area contributed by atoms with E-state index in [4.69, 9.17) is 16.3 Å². The van der Waals surface area contributed by atoms with Crippen molar-refractivity contribution in [3.63, 3.8) is 0 Å². The van der Waals surface area contributed by atoms with Gasteiger partial charge in [0, 0.05) is 29.4 Å². The van der Waals surface area contributed by atoms with Crippen molar-refractivity contribution < 1.29 is 22.7 Å². The minimum Gasteiger partial charge on any atom is -0.496 e. The Morgan fingerprint density at radius 3 is 2.47 bits per heavy atom. The van der Waals surface area contributed by atoms with Crippen LogP contribution in [0.15, 0.2) is 48.5 Å². The molecule has 1 aliphatic heterocycles. The fourth-order valence-corrected chi connectivity index (χ4v) is 5.00. The molecule has 1 saturated heterocycles. The molecule has 3 rings (SSSR count). The van der Waals surface area contributed by atoms with Gasteiger partial charge in [-0.15, -0.1) is 0 Å². The Balaban J connectivity index is 1.96. The molecule has 0 bridgehead atoms. The second kappa shape index (κ2) is 9.48. The molecule has 0 aromatic heterocycles. The van der Waals surface area contributed by atoms with Crippen LogP contribution in [0.2, 0.25) is 5.02 Å². The van der Waals surface area contributed by atoms with Gasteiger partial charge in [-0.25, -0.2) is 8.42 Å². The van der Waals surface area contributed by atoms with Gasteiger partial charge in [-0.3, -0.25) is 14.5 Å². The number of nitrogens with zero attached hydrogens (tertiary/aromatic N) is 2. The third kappa shape index (κ3) is 4.74. The van der Waals surface area contributed by atoms with Gasteiger partial charge in [0.2, 0.25) is 21.8 Å². The van der Waals surface area contributed by atoms with E-state index in [2.05, 4.69) is 5.32 Å². The Morgan fingerprint density at radius 1 is 1.19 bits per heavy atom. The largest absolute Gasteiger partial charge is 0.496 e. The fraction of sp³-hybridized carbons (Fsp3) is 0.364. The van der Waals surface area contributed by atoms with Crippen molar-refractivity contribution in [3.8, 4) is 5.75 Å². The van der Waals surface area contributed by atoms with Crippen LogP contribution in [0, 0.1) is 0 Å². The lowest BCUT2D eigenvalue weighted by Crippen LogP contribution is -2.70. The summed E-state index contributed by atoms with van der Waals surface area (Å²) in [7, 11) is -2.14. The molecule has 1 heterocycles. The number of carbonyl (C=O) groups excluding carboxylic acids is 2. The topological polar surface area (TPSA) is 96.0 Å². The first-order valence-corrected chi connectivity index (χ1v) is 12.1. The summed E-state index contributed by atoms with van der Waals surface area (Å²) in [6.07, 6.45) is 0. The van der Waals surface area contributed by atoms with Crippen LogP contribution in [0.25, 0.3) is 0 Å². The fourth-order valence-electron chi connectivity index (χ4n) is 3.75. The van der Waals surface area contributed by atoms with Gasteiger partial charge in [0.1, 0.15) is 11.3 Å². The molecule has 1 atom stereocenters. The maximum atomic E-state index is 13.5. The number of benzene rings is 2. The van der Waals surface area contributed by atoms with E-state index < -0.39 is 27.4 Å². The number of amides is 2. The van der Waals surface area contributed by atoms with Gasteiger partial charge >= 0.3 is 0 Å². The van der Waals surface area contributed by atoms with Gasteiger partial charge in [0.15, 0.2) is 0 Å². The Bertz CT molecular complexity index is 1110. The zero-order chi connectivity index (χ0) is 23.5. The molecular formula is C22H26ClN3O5S. The van der Waals surface area contributed by atoms with E-state index in [9.17, 15) is 18.0 Å². The normalized spacial score (nSPS) is 19.6. The number of rotatable bonds is 7. The highest BCUT2D eigenvalue weighted by Gasteiger charge is 2.50. The average molecular weight is 480 g/mol. The summed E-state index contributed by atoms with van der Waals surface area (Å²) in [6, 6.07) is 13.7. The van der Waals surface area contributed by atoms with Crippen molar-refractivity contribution in [2.24, 2.45) is 0 Å². The number of sulfonamides is 1. The predicted octanol–water partition coefficient (Wildman–Crippen LogP) is 2.42. The molecule has 32 heavy (non-hydrogen) atoms. The molecule has 0 saturated carbocycles. The molecule has 1 aliphatic rings. The van der Waals surface area contributed by atoms with Gasteiger partial charge in [-0.1, -0.05) is 29.8 Å². The number of ether oxygens (including phenoxy) is 1. The Kier molecular flexibility index (Phi) is 7.12. The minimum absolute atomic E-state index is 0.154. The molecule has 10 heteroatoms. The summed E-state index contributed by atoms with van der Waals surface area (Å²) >= 11 is 5.99. The number of piperazine rings is 1. The van der Waals surface area contributed by atoms with Crippen molar-refractivity contribution in [1.82, 2.24) is 9.62 Å². The molecular weight excluding hydrogens is 454 g/mol. The Hall–Kier alpha value is -2.62. The van der Waals surface area contributed by atoms with Crippen LogP contribution in [0.5, 0.6) is 5.75 Å². The lowest BCUT2D eigenvalue weighted by atomic mass is 9.94. The average Bonchev–Trinajstić information content (AvgIpc) is 2.78. The van der Waals surface area contributed by atoms with E-state index in [1.807, 2.05) is 18.2 Å². The molecule has 0 radical (unpaired) electrons. The maximum Gasteiger partial charge on any atom is 0.247 e. The third-order valence-electron chi connectivity index (χ3n) is 5.50. The van der Waals surface area contributed by atoms with Gasteiger partial charge in [0.25, 0.3) is 0 Å². The molecule has 8 nitrogen and oxygen atoms in total. The van der Waals surface area contributed by atoms with E-state index in [1.165, 1.54) is 18.9 Å². The lowest BCUT2D eigenvalue weighted by Gasteiger charge is -2.46. The smallest absolute Gasteiger partial charge is 0.247 e. The molecule has 2 aromatic rings. The van der Waals surface area contributed by atoms with Gasteiger partial charge in [-0.2, -0.15) is 4.31 Å². The SMILES string of the molecule is CCS(=O)(=O)N1CC(=O)N(c2ccc(Cl)cc2)[C@](C)(C(=O)NCc2ccccc2OC)C1. The summed E-state index contributed by atoms with van der Waals surface area (Å²) in [4.78, 5) is 27.9. The van der Waals surface area contributed by atoms with E-state index in [0.717, 1.165) is 9.87 Å². The number of anilines is 1. The first kappa shape index (κ1) is 24.0. The van der Waals surface area contributed by atoms with E-state index in [0.29, 0.717) is 16.5 Å². The van der Waals surface area contributed by atoms with E-state index in [1.54, 1.807) is 37.3 Å². The highest BCUT2D eigenvalue weighted by Crippen LogP contribution is 2.32. The molecule has 2 amide bonds. The summed E-state index contributed by atoms with van der Waals surface area (Å²) in [5.74, 6) is -0.532. The van der Waals surface area contributed by atoms with E-state index in [-0.39, 0.29) is 25.4 Å². The molecule has 1 fully saturated rings. The Labute approximate surface area is 193 Å². The number of hydrogen-bond acceptors (Lipinski definition) is 5. The summed E-state index contributed by atoms with van der Waals surface area (Å²) in [6.45, 7) is 2.71. The van der Waals surface area contributed by atoms with Crippen LogP contribution in [0.3, 0.4) is 0 Å². The molecule has 0 unspecified atom stereocenters. The number of nitrogens with one attached hydrogen (secondary N) is 1. The number of para-hydroxylation sites is 1. The van der Waals surface area contributed by atoms with Crippen LogP contribution >= 0.6 is 11.6 Å². The van der Waals surface area contributed by atoms with Crippen molar-refractivity contribution in [2.45, 2.75) is 25.9 Å². The van der Waals surface area contributed by atoms with Crippen LogP contribution in [-0.2, 0) is 26.2 Å². The quantitative estimate of drug-likeness (QED) is 0.658. The molecule has 1 N–H and O–H groups in total. The summed E-state index contributed by atoms with van der Waals surface area (Å²) in [5.41, 5.74) is -0.263. The van der Waals surface area contributed by atoms with Gasteiger partial charge < -0.3 is 10.1 Å². The zero-order valence-corrected chi connectivity index (χ0v) is 19.7. The summed E-state index contributed by atoms with van der Waals surface area (Å²) in [5, 5.41) is 3.33. The molecule has 172 valence electrons. The first-order valence-electron chi connectivity index (χ1n) is 10.1. The number of hydrogen-bond donors (Lipinski definition) is 1. The van der Waals surface area contributed by atoms with Gasteiger partial charge in [-0.05, 0) is 44.2 Å². The second-order valence-corrected chi connectivity index (χ2v) is 10.3. The molecule has 2 aromatic carbocycles. The van der Waals surface area contributed by atoms with Crippen molar-refractivity contribution >= 4 is 39.1 Å². The zero-order valence-electron chi connectivity index (χ0n) is 18.2. The highest BCUT2D eigenvalue weighted by atomic mass is 35.5. The van der Waals surface area contributed by atoms with Crippen LogP contribution in [0.4, 0.5) is 5.69 Å². The van der Waals surface area contributed by atoms with E-state index >= 15 is 0 Å². The monoisotopic (exact) mass is 479 g/mol. The lowest BCUT2D eigenvalue weighted by molar-refractivity contribution is -0.133. The maximum absolute atomic E-state index is 13.5. The predicted molar refractivity (Wildman–Crippen MR) is 123 cm³/mol. The second-order valence-electron chi connectivity index (χ2n) is 7.64. The van der Waals surface area contributed by atoms with Crippen molar-refractivity contribution in [1.29, 1.82) is 0 Å². The van der Waals surface area contributed by atoms with Crippen molar-refractivity contribution in [3.05, 3.63) is 59.1 Å².